The summed E-state index contributed by atoms with van der Waals surface area (Å²) in [4.78, 5) is 35.5. The predicted molar refractivity (Wildman–Crippen MR) is 85.1 cm³/mol. The zero-order valence-corrected chi connectivity index (χ0v) is 13.0. The number of ether oxygens (including phenoxy) is 1. The van der Waals surface area contributed by atoms with Gasteiger partial charge in [0.25, 0.3) is 0 Å². The Morgan fingerprint density at radius 1 is 1.22 bits per heavy atom. The summed E-state index contributed by atoms with van der Waals surface area (Å²) < 4.78 is 5.17. The second kappa shape index (κ2) is 6.49. The fraction of sp³-hybridized carbons (Fsp3) is 0.133. The van der Waals surface area contributed by atoms with Crippen LogP contribution in [0.15, 0.2) is 35.8 Å². The number of aromatic nitrogens is 3. The Hall–Kier alpha value is -2.87. The fourth-order valence-corrected chi connectivity index (χ4v) is 2.59. The molecule has 7 nitrogen and oxygen atoms in total. The quantitative estimate of drug-likeness (QED) is 0.739. The Morgan fingerprint density at radius 2 is 2.00 bits per heavy atom. The number of nitrogens with zero attached hydrogens (tertiary/aromatic N) is 3. The maximum atomic E-state index is 12.0. The van der Waals surface area contributed by atoms with Crippen LogP contribution in [0.1, 0.15) is 23.1 Å². The van der Waals surface area contributed by atoms with E-state index >= 15 is 0 Å². The summed E-state index contributed by atoms with van der Waals surface area (Å²) in [5, 5.41) is 4.75. The molecule has 0 saturated carbocycles. The van der Waals surface area contributed by atoms with Crippen LogP contribution in [0.4, 0.5) is 5.13 Å². The van der Waals surface area contributed by atoms with E-state index in [9.17, 15) is 9.59 Å². The van der Waals surface area contributed by atoms with Gasteiger partial charge in [-0.2, -0.15) is 0 Å². The number of esters is 1. The molecule has 0 atom stereocenters. The van der Waals surface area contributed by atoms with Crippen molar-refractivity contribution in [2.75, 3.05) is 5.32 Å². The molecule has 1 amide bonds. The molecule has 3 aromatic rings. The van der Waals surface area contributed by atoms with Crippen LogP contribution in [0.3, 0.4) is 0 Å². The molecular formula is C15H12N4O3S. The van der Waals surface area contributed by atoms with Crippen LogP contribution in [0.25, 0.3) is 11.0 Å². The molecule has 8 heteroatoms. The molecule has 1 N–H and O–H groups in total. The normalized spacial score (nSPS) is 10.5. The van der Waals surface area contributed by atoms with Gasteiger partial charge >= 0.3 is 5.97 Å². The van der Waals surface area contributed by atoms with Crippen molar-refractivity contribution in [3.8, 4) is 0 Å². The van der Waals surface area contributed by atoms with Crippen molar-refractivity contribution in [2.45, 2.75) is 13.5 Å². The van der Waals surface area contributed by atoms with E-state index in [1.54, 1.807) is 11.4 Å². The van der Waals surface area contributed by atoms with E-state index in [0.717, 1.165) is 0 Å². The van der Waals surface area contributed by atoms with Crippen LogP contribution in [0.2, 0.25) is 0 Å². The predicted octanol–water partition coefficient (Wildman–Crippen LogP) is 2.40. The van der Waals surface area contributed by atoms with Crippen molar-refractivity contribution in [2.24, 2.45) is 0 Å². The van der Waals surface area contributed by atoms with Gasteiger partial charge in [0.15, 0.2) is 10.8 Å². The molecule has 0 saturated heterocycles. The van der Waals surface area contributed by atoms with Crippen LogP contribution in [0, 0.1) is 0 Å². The number of fused-ring (bicyclic) bond motifs is 1. The van der Waals surface area contributed by atoms with E-state index in [2.05, 4.69) is 20.3 Å². The number of rotatable bonds is 4. The highest BCUT2D eigenvalue weighted by Crippen LogP contribution is 2.16. The molecule has 1 aromatic carbocycles. The topological polar surface area (TPSA) is 94.1 Å². The zero-order valence-electron chi connectivity index (χ0n) is 12.1. The molecule has 0 aliphatic heterocycles. The van der Waals surface area contributed by atoms with E-state index in [4.69, 9.17) is 4.74 Å². The van der Waals surface area contributed by atoms with Crippen molar-refractivity contribution >= 4 is 39.4 Å². The number of carbonyl (C=O) groups is 2. The van der Waals surface area contributed by atoms with Crippen molar-refractivity contribution in [1.82, 2.24) is 15.0 Å². The summed E-state index contributed by atoms with van der Waals surface area (Å²) in [6.45, 7) is 1.41. The molecule has 2 aromatic heterocycles. The molecule has 0 bridgehead atoms. The second-order valence-electron chi connectivity index (χ2n) is 4.65. The molecule has 0 unspecified atom stereocenters. The number of anilines is 1. The lowest BCUT2D eigenvalue weighted by atomic mass is 10.3. The minimum absolute atomic E-state index is 0.00340. The van der Waals surface area contributed by atoms with E-state index in [-0.39, 0.29) is 18.2 Å². The third-order valence-electron chi connectivity index (χ3n) is 2.84. The van der Waals surface area contributed by atoms with E-state index in [1.165, 1.54) is 24.5 Å². The first-order valence-electron chi connectivity index (χ1n) is 6.73. The van der Waals surface area contributed by atoms with E-state index in [1.807, 2.05) is 18.2 Å². The van der Waals surface area contributed by atoms with Gasteiger partial charge in [0.05, 0.1) is 22.9 Å². The smallest absolute Gasteiger partial charge is 0.358 e. The van der Waals surface area contributed by atoms with Gasteiger partial charge in [-0.15, -0.1) is 11.3 Å². The number of nitrogens with one attached hydrogen (secondary N) is 1. The molecule has 2 heterocycles. The molecule has 23 heavy (non-hydrogen) atoms. The Kier molecular flexibility index (Phi) is 4.24. The highest BCUT2D eigenvalue weighted by molar-refractivity contribution is 7.13. The number of para-hydroxylation sites is 2. The van der Waals surface area contributed by atoms with Crippen LogP contribution in [-0.4, -0.2) is 26.8 Å². The van der Waals surface area contributed by atoms with Crippen LogP contribution >= 0.6 is 11.3 Å². The first-order valence-corrected chi connectivity index (χ1v) is 7.61. The van der Waals surface area contributed by atoms with Crippen LogP contribution < -0.4 is 5.32 Å². The van der Waals surface area contributed by atoms with Gasteiger partial charge in [-0.25, -0.2) is 14.8 Å². The SMILES string of the molecule is CC(=O)Nc1nc(COC(=O)c2cnc3ccccc3n2)cs1. The largest absolute Gasteiger partial charge is 0.454 e. The number of benzene rings is 1. The number of amides is 1. The van der Waals surface area contributed by atoms with Gasteiger partial charge in [0, 0.05) is 12.3 Å². The maximum absolute atomic E-state index is 12.0. The van der Waals surface area contributed by atoms with Crippen molar-refractivity contribution in [1.29, 1.82) is 0 Å². The number of hydrogen-bond acceptors (Lipinski definition) is 7. The lowest BCUT2D eigenvalue weighted by molar-refractivity contribution is -0.114. The minimum atomic E-state index is -0.572. The molecule has 0 fully saturated rings. The van der Waals surface area contributed by atoms with Gasteiger partial charge in [-0.1, -0.05) is 12.1 Å². The Balaban J connectivity index is 1.66. The summed E-state index contributed by atoms with van der Waals surface area (Å²) in [5.41, 5.74) is 2.04. The lowest BCUT2D eigenvalue weighted by Crippen LogP contribution is -2.09. The summed E-state index contributed by atoms with van der Waals surface area (Å²) >= 11 is 1.26. The molecular weight excluding hydrogens is 316 g/mol. The number of hydrogen-bond donors (Lipinski definition) is 1. The second-order valence-corrected chi connectivity index (χ2v) is 5.50. The highest BCUT2D eigenvalue weighted by Gasteiger charge is 2.12. The summed E-state index contributed by atoms with van der Waals surface area (Å²) in [7, 11) is 0. The zero-order chi connectivity index (χ0) is 16.2. The van der Waals surface area contributed by atoms with Gasteiger partial charge < -0.3 is 10.1 Å². The third kappa shape index (κ3) is 3.67. The molecule has 0 aliphatic rings. The summed E-state index contributed by atoms with van der Waals surface area (Å²) in [6.07, 6.45) is 1.38. The number of thiazole rings is 1. The first kappa shape index (κ1) is 15.0. The van der Waals surface area contributed by atoms with Crippen LogP contribution in [-0.2, 0) is 16.1 Å². The van der Waals surface area contributed by atoms with Crippen LogP contribution in [0.5, 0.6) is 0 Å². The summed E-state index contributed by atoms with van der Waals surface area (Å²) in [6, 6.07) is 7.27. The van der Waals surface area contributed by atoms with Gasteiger partial charge in [-0.05, 0) is 12.1 Å². The molecule has 0 spiro atoms. The minimum Gasteiger partial charge on any atom is -0.454 e. The monoisotopic (exact) mass is 328 g/mol. The molecule has 0 aliphatic carbocycles. The van der Waals surface area contributed by atoms with E-state index in [0.29, 0.717) is 21.9 Å². The van der Waals surface area contributed by atoms with E-state index < -0.39 is 5.97 Å². The average Bonchev–Trinajstić information content (AvgIpc) is 2.98. The number of carbonyl (C=O) groups excluding carboxylic acids is 2. The Morgan fingerprint density at radius 3 is 2.78 bits per heavy atom. The van der Waals surface area contributed by atoms with Gasteiger partial charge in [-0.3, -0.25) is 9.78 Å². The van der Waals surface area contributed by atoms with Crippen molar-refractivity contribution < 1.29 is 14.3 Å². The molecule has 116 valence electrons. The Bertz CT molecular complexity index is 878. The standard InChI is InChI=1S/C15H12N4O3S/c1-9(20)17-15-18-10(8-23-15)7-22-14(21)13-6-16-11-4-2-3-5-12(11)19-13/h2-6,8H,7H2,1H3,(H,17,18,20). The Labute approximate surface area is 135 Å². The summed E-state index contributed by atoms with van der Waals surface area (Å²) in [5.74, 6) is -0.772. The van der Waals surface area contributed by atoms with Gasteiger partial charge in [0.2, 0.25) is 5.91 Å². The lowest BCUT2D eigenvalue weighted by Gasteiger charge is -2.03. The van der Waals surface area contributed by atoms with Crippen molar-refractivity contribution in [3.63, 3.8) is 0 Å². The average molecular weight is 328 g/mol. The third-order valence-corrected chi connectivity index (χ3v) is 3.65. The first-order chi connectivity index (χ1) is 11.1. The molecule has 0 radical (unpaired) electrons. The van der Waals surface area contributed by atoms with Crippen molar-refractivity contribution in [3.05, 3.63) is 47.2 Å². The van der Waals surface area contributed by atoms with Gasteiger partial charge in [0.1, 0.15) is 6.61 Å². The molecule has 3 rings (SSSR count). The maximum Gasteiger partial charge on any atom is 0.358 e. The fourth-order valence-electron chi connectivity index (χ4n) is 1.85. The highest BCUT2D eigenvalue weighted by atomic mass is 32.1.